The molecule has 0 amide bonds. The van der Waals surface area contributed by atoms with Gasteiger partial charge in [-0.25, -0.2) is 14.1 Å². The monoisotopic (exact) mass is 575 g/mol. The van der Waals surface area contributed by atoms with Gasteiger partial charge >= 0.3 is 0 Å². The lowest BCUT2D eigenvalue weighted by atomic mass is 10.1. The maximum Gasteiger partial charge on any atom is 0.138 e. The van der Waals surface area contributed by atoms with Crippen LogP contribution in [0.3, 0.4) is 0 Å². The molecule has 2 N–H and O–H groups in total. The number of hydrogen-bond acceptors (Lipinski definition) is 8. The molecule has 0 radical (unpaired) electrons. The topological polar surface area (TPSA) is 94.0 Å². The highest BCUT2D eigenvalue weighted by Gasteiger charge is 2.24. The molecule has 212 valence electrons. The number of halogens is 2. The number of aromatic nitrogens is 3. The zero-order valence-corrected chi connectivity index (χ0v) is 23.6. The van der Waals surface area contributed by atoms with Crippen LogP contribution >= 0.6 is 11.6 Å². The van der Waals surface area contributed by atoms with E-state index in [0.717, 1.165) is 47.0 Å². The predicted molar refractivity (Wildman–Crippen MR) is 157 cm³/mol. The van der Waals surface area contributed by atoms with Crippen LogP contribution in [-0.4, -0.2) is 57.7 Å². The Morgan fingerprint density at radius 2 is 1.85 bits per heavy atom. The molecule has 2 atom stereocenters. The lowest BCUT2D eigenvalue weighted by Crippen LogP contribution is -2.44. The van der Waals surface area contributed by atoms with Crippen molar-refractivity contribution >= 4 is 28.8 Å². The third-order valence-electron chi connectivity index (χ3n) is 7.13. The molecular weight excluding hydrogens is 545 g/mol. The zero-order valence-electron chi connectivity index (χ0n) is 22.9. The van der Waals surface area contributed by atoms with Crippen molar-refractivity contribution in [2.45, 2.75) is 39.2 Å². The van der Waals surface area contributed by atoms with Crippen LogP contribution in [-0.2, 0) is 17.9 Å². The summed E-state index contributed by atoms with van der Waals surface area (Å²) in [5.74, 6) is 0.662. The summed E-state index contributed by atoms with van der Waals surface area (Å²) in [5.41, 5.74) is 11.3. The predicted octanol–water partition coefficient (Wildman–Crippen LogP) is 5.06. The van der Waals surface area contributed by atoms with Gasteiger partial charge in [0.2, 0.25) is 0 Å². The van der Waals surface area contributed by atoms with Gasteiger partial charge in [0.25, 0.3) is 0 Å². The van der Waals surface area contributed by atoms with Gasteiger partial charge in [-0.1, -0.05) is 28.9 Å². The number of ether oxygens (including phenoxy) is 2. The molecule has 1 saturated heterocycles. The first-order valence-electron chi connectivity index (χ1n) is 13.5. The molecule has 0 aliphatic carbocycles. The van der Waals surface area contributed by atoms with E-state index in [1.807, 2.05) is 41.4 Å². The summed E-state index contributed by atoms with van der Waals surface area (Å²) in [6, 6.07) is 17.8. The number of aliphatic imine (C=N–C) groups is 1. The highest BCUT2D eigenvalue weighted by atomic mass is 35.5. The van der Waals surface area contributed by atoms with E-state index in [1.165, 1.54) is 12.1 Å². The Bertz CT molecular complexity index is 1580. The van der Waals surface area contributed by atoms with Crippen LogP contribution in [0.25, 0.3) is 5.69 Å². The van der Waals surface area contributed by atoms with Crippen LogP contribution in [0, 0.1) is 5.82 Å². The van der Waals surface area contributed by atoms with Gasteiger partial charge in [0.1, 0.15) is 30.7 Å². The molecule has 0 unspecified atom stereocenters. The van der Waals surface area contributed by atoms with Gasteiger partial charge in [0.05, 0.1) is 40.5 Å². The van der Waals surface area contributed by atoms with Crippen molar-refractivity contribution in [2.24, 2.45) is 10.7 Å². The number of benzene rings is 3. The van der Waals surface area contributed by atoms with Crippen molar-refractivity contribution in [1.29, 1.82) is 0 Å². The number of nitrogens with zero attached hydrogens (tertiary/aromatic N) is 6. The Balaban J connectivity index is 1.19. The van der Waals surface area contributed by atoms with E-state index in [9.17, 15) is 4.39 Å². The minimum Gasteiger partial charge on any atom is -0.487 e. The smallest absolute Gasteiger partial charge is 0.138 e. The quantitative estimate of drug-likeness (QED) is 0.329. The van der Waals surface area contributed by atoms with E-state index < -0.39 is 0 Å². The Morgan fingerprint density at radius 1 is 1.05 bits per heavy atom. The molecule has 2 aliphatic rings. The molecule has 3 aromatic carbocycles. The molecule has 0 spiro atoms. The molecule has 0 saturated carbocycles. The minimum atomic E-state index is -0.305. The van der Waals surface area contributed by atoms with Crippen molar-refractivity contribution in [3.63, 3.8) is 0 Å². The lowest BCUT2D eigenvalue weighted by molar-refractivity contribution is -0.0707. The molecule has 41 heavy (non-hydrogen) atoms. The van der Waals surface area contributed by atoms with E-state index in [1.54, 1.807) is 22.9 Å². The number of nitrogens with two attached hydrogens (primary N) is 1. The number of rotatable bonds is 7. The maximum absolute atomic E-state index is 13.5. The summed E-state index contributed by atoms with van der Waals surface area (Å²) >= 11 is 6.58. The standard InChI is InChI=1S/C30H31ClFN7O2/c1-19-13-37(14-20(2)41-19)15-23-16-39(36-35-23)25-6-8-28-26(11-25)30(33)34-18-38(28)24-7-9-29(27(31)12-24)40-17-21-4-3-5-22(32)10-21/h3-12,16,19-20H,13-15,17-18H2,1-2H3,(H2,33,34)/t19-,20+. The fourth-order valence-electron chi connectivity index (χ4n) is 5.34. The Morgan fingerprint density at radius 3 is 2.63 bits per heavy atom. The zero-order chi connectivity index (χ0) is 28.5. The normalized spacial score (nSPS) is 19.1. The minimum absolute atomic E-state index is 0.193. The van der Waals surface area contributed by atoms with Crippen LogP contribution < -0.4 is 15.4 Å². The van der Waals surface area contributed by atoms with Gasteiger partial charge < -0.3 is 20.1 Å². The molecule has 0 bridgehead atoms. The summed E-state index contributed by atoms with van der Waals surface area (Å²) in [6.07, 6.45) is 2.33. The van der Waals surface area contributed by atoms with Crippen LogP contribution in [0.5, 0.6) is 5.75 Å². The third kappa shape index (κ3) is 6.04. The largest absolute Gasteiger partial charge is 0.487 e. The fraction of sp³-hybridized carbons (Fsp3) is 0.300. The van der Waals surface area contributed by atoms with Crippen molar-refractivity contribution < 1.29 is 13.9 Å². The summed E-state index contributed by atoms with van der Waals surface area (Å²) in [7, 11) is 0. The van der Waals surface area contributed by atoms with E-state index in [4.69, 9.17) is 26.8 Å². The Kier molecular flexibility index (Phi) is 7.61. The second kappa shape index (κ2) is 11.5. The van der Waals surface area contributed by atoms with Crippen molar-refractivity contribution in [1.82, 2.24) is 19.9 Å². The van der Waals surface area contributed by atoms with Crippen LogP contribution in [0.15, 0.2) is 71.9 Å². The second-order valence-electron chi connectivity index (χ2n) is 10.5. The average Bonchev–Trinajstić information content (AvgIpc) is 3.40. The van der Waals surface area contributed by atoms with E-state index in [2.05, 4.69) is 34.1 Å². The molecule has 9 nitrogen and oxygen atoms in total. The van der Waals surface area contributed by atoms with E-state index in [-0.39, 0.29) is 24.6 Å². The third-order valence-corrected chi connectivity index (χ3v) is 7.42. The van der Waals surface area contributed by atoms with Gasteiger partial charge in [-0.15, -0.1) is 5.10 Å². The molecule has 6 rings (SSSR count). The highest BCUT2D eigenvalue weighted by Crippen LogP contribution is 2.36. The SMILES string of the molecule is C[C@@H]1CN(Cc2cn(-c3ccc4c(c3)C(N)=NCN4c3ccc(OCc4cccc(F)c4)c(Cl)c3)nn2)C[C@H](C)O1. The Hall–Kier alpha value is -3.99. The molecular formula is C30H31ClFN7O2. The van der Waals surface area contributed by atoms with E-state index >= 15 is 0 Å². The maximum atomic E-state index is 13.5. The van der Waals surface area contributed by atoms with Gasteiger partial charge in [0, 0.05) is 30.9 Å². The Labute approximate surface area is 242 Å². The number of hydrogen-bond donors (Lipinski definition) is 1. The lowest BCUT2D eigenvalue weighted by Gasteiger charge is -2.34. The number of morpholine rings is 1. The summed E-state index contributed by atoms with van der Waals surface area (Å²) in [5, 5.41) is 9.21. The highest BCUT2D eigenvalue weighted by molar-refractivity contribution is 6.32. The van der Waals surface area contributed by atoms with Crippen molar-refractivity contribution in [2.75, 3.05) is 24.7 Å². The van der Waals surface area contributed by atoms with Crippen molar-refractivity contribution in [3.05, 3.63) is 94.5 Å². The molecule has 11 heteroatoms. The van der Waals surface area contributed by atoms with Crippen LogP contribution in [0.1, 0.15) is 30.7 Å². The molecule has 1 fully saturated rings. The fourth-order valence-corrected chi connectivity index (χ4v) is 5.57. The van der Waals surface area contributed by atoms with E-state index in [0.29, 0.717) is 29.8 Å². The average molecular weight is 576 g/mol. The molecule has 4 aromatic rings. The number of fused-ring (bicyclic) bond motifs is 1. The van der Waals surface area contributed by atoms with Gasteiger partial charge in [-0.05, 0) is 67.9 Å². The molecule has 2 aliphatic heterocycles. The van der Waals surface area contributed by atoms with Gasteiger partial charge in [0.15, 0.2) is 0 Å². The summed E-state index contributed by atoms with van der Waals surface area (Å²) in [4.78, 5) is 8.92. The summed E-state index contributed by atoms with van der Waals surface area (Å²) in [6.45, 7) is 7.18. The van der Waals surface area contributed by atoms with Crippen LogP contribution in [0.2, 0.25) is 5.02 Å². The first-order chi connectivity index (χ1) is 19.8. The molecule has 1 aromatic heterocycles. The van der Waals surface area contributed by atoms with Crippen molar-refractivity contribution in [3.8, 4) is 11.4 Å². The number of anilines is 2. The van der Waals surface area contributed by atoms with Crippen LogP contribution in [0.4, 0.5) is 15.8 Å². The first-order valence-corrected chi connectivity index (χ1v) is 13.9. The molecule has 3 heterocycles. The first kappa shape index (κ1) is 27.2. The second-order valence-corrected chi connectivity index (χ2v) is 10.9. The number of amidine groups is 1. The van der Waals surface area contributed by atoms with Gasteiger partial charge in [-0.3, -0.25) is 4.90 Å². The van der Waals surface area contributed by atoms with Gasteiger partial charge in [-0.2, -0.15) is 0 Å². The summed E-state index contributed by atoms with van der Waals surface area (Å²) < 4.78 is 26.9.